The van der Waals surface area contributed by atoms with Gasteiger partial charge in [-0.25, -0.2) is 4.98 Å². The number of aromatic amines is 1. The SMILES string of the molecule is O=C(CCCc1ccc(Cl)cc1)NCCSc1ncn[nH]1. The zero-order chi connectivity index (χ0) is 14.9. The molecule has 0 saturated carbocycles. The first-order chi connectivity index (χ1) is 10.2. The zero-order valence-electron chi connectivity index (χ0n) is 11.5. The highest BCUT2D eigenvalue weighted by atomic mass is 35.5. The fourth-order valence-corrected chi connectivity index (χ4v) is 2.56. The molecule has 5 nitrogen and oxygen atoms in total. The molecule has 0 fully saturated rings. The number of carbonyl (C=O) groups excluding carboxylic acids is 1. The number of halogens is 1. The van der Waals surface area contributed by atoms with Gasteiger partial charge in [-0.15, -0.1) is 0 Å². The largest absolute Gasteiger partial charge is 0.355 e. The van der Waals surface area contributed by atoms with Crippen molar-refractivity contribution >= 4 is 29.3 Å². The Morgan fingerprint density at radius 2 is 2.14 bits per heavy atom. The van der Waals surface area contributed by atoms with Crippen LogP contribution >= 0.6 is 23.4 Å². The maximum absolute atomic E-state index is 11.7. The standard InChI is InChI=1S/C14H17ClN4OS/c15-12-6-4-11(5-7-12)2-1-3-13(20)16-8-9-21-14-17-10-18-19-14/h4-7,10H,1-3,8-9H2,(H,16,20)(H,17,18,19). The molecule has 112 valence electrons. The Labute approximate surface area is 132 Å². The summed E-state index contributed by atoms with van der Waals surface area (Å²) in [6.07, 6.45) is 3.73. The number of benzene rings is 1. The summed E-state index contributed by atoms with van der Waals surface area (Å²) in [5.74, 6) is 0.861. The van der Waals surface area contributed by atoms with Crippen LogP contribution in [-0.2, 0) is 11.2 Å². The third kappa shape index (κ3) is 6.18. The van der Waals surface area contributed by atoms with Crippen LogP contribution in [-0.4, -0.2) is 33.4 Å². The van der Waals surface area contributed by atoms with Crippen molar-refractivity contribution in [3.8, 4) is 0 Å². The zero-order valence-corrected chi connectivity index (χ0v) is 13.1. The molecule has 2 rings (SSSR count). The van der Waals surface area contributed by atoms with Crippen LogP contribution in [0.5, 0.6) is 0 Å². The lowest BCUT2D eigenvalue weighted by Gasteiger charge is -2.04. The van der Waals surface area contributed by atoms with Crippen LogP contribution in [0.25, 0.3) is 0 Å². The van der Waals surface area contributed by atoms with Gasteiger partial charge in [-0.05, 0) is 30.5 Å². The molecule has 1 amide bonds. The lowest BCUT2D eigenvalue weighted by molar-refractivity contribution is -0.121. The van der Waals surface area contributed by atoms with E-state index in [4.69, 9.17) is 11.6 Å². The predicted molar refractivity (Wildman–Crippen MR) is 84.5 cm³/mol. The Hall–Kier alpha value is -1.53. The lowest BCUT2D eigenvalue weighted by atomic mass is 10.1. The molecule has 1 aromatic heterocycles. The van der Waals surface area contributed by atoms with Gasteiger partial charge in [-0.2, -0.15) is 5.10 Å². The molecule has 0 unspecified atom stereocenters. The number of thioether (sulfide) groups is 1. The molecule has 0 radical (unpaired) electrons. The highest BCUT2D eigenvalue weighted by molar-refractivity contribution is 7.99. The summed E-state index contributed by atoms with van der Waals surface area (Å²) in [5.41, 5.74) is 1.20. The second-order valence-corrected chi connectivity index (χ2v) is 5.99. The third-order valence-electron chi connectivity index (χ3n) is 2.84. The molecule has 0 saturated heterocycles. The molecule has 2 aromatic rings. The average Bonchev–Trinajstić information content (AvgIpc) is 2.99. The minimum Gasteiger partial charge on any atom is -0.355 e. The van der Waals surface area contributed by atoms with E-state index in [2.05, 4.69) is 20.5 Å². The van der Waals surface area contributed by atoms with E-state index >= 15 is 0 Å². The molecule has 0 spiro atoms. The van der Waals surface area contributed by atoms with Crippen molar-refractivity contribution in [3.63, 3.8) is 0 Å². The van der Waals surface area contributed by atoms with E-state index in [9.17, 15) is 4.79 Å². The normalized spacial score (nSPS) is 10.5. The van der Waals surface area contributed by atoms with E-state index in [1.165, 1.54) is 23.7 Å². The first kappa shape index (κ1) is 15.9. The Morgan fingerprint density at radius 1 is 1.33 bits per heavy atom. The topological polar surface area (TPSA) is 70.7 Å². The molecule has 1 aromatic carbocycles. The van der Waals surface area contributed by atoms with Crippen molar-refractivity contribution in [1.82, 2.24) is 20.5 Å². The first-order valence-electron chi connectivity index (χ1n) is 6.73. The molecule has 0 bridgehead atoms. The van der Waals surface area contributed by atoms with Crippen molar-refractivity contribution < 1.29 is 4.79 Å². The molecule has 0 aliphatic heterocycles. The van der Waals surface area contributed by atoms with Gasteiger partial charge in [0.25, 0.3) is 0 Å². The van der Waals surface area contributed by atoms with Gasteiger partial charge < -0.3 is 5.32 Å². The van der Waals surface area contributed by atoms with Gasteiger partial charge in [0.2, 0.25) is 5.91 Å². The predicted octanol–water partition coefficient (Wildman–Crippen LogP) is 2.69. The number of aryl methyl sites for hydroxylation is 1. The van der Waals surface area contributed by atoms with Gasteiger partial charge in [0.05, 0.1) is 0 Å². The van der Waals surface area contributed by atoms with E-state index in [-0.39, 0.29) is 5.91 Å². The second-order valence-electron chi connectivity index (χ2n) is 4.47. The molecule has 21 heavy (non-hydrogen) atoms. The summed E-state index contributed by atoms with van der Waals surface area (Å²) in [6.45, 7) is 0.630. The summed E-state index contributed by atoms with van der Waals surface area (Å²) in [7, 11) is 0. The van der Waals surface area contributed by atoms with Crippen molar-refractivity contribution in [1.29, 1.82) is 0 Å². The van der Waals surface area contributed by atoms with Gasteiger partial charge in [0.1, 0.15) is 6.33 Å². The number of H-pyrrole nitrogens is 1. The third-order valence-corrected chi connectivity index (χ3v) is 3.97. The summed E-state index contributed by atoms with van der Waals surface area (Å²) in [5, 5.41) is 10.9. The summed E-state index contributed by atoms with van der Waals surface area (Å²) in [4.78, 5) is 15.7. The van der Waals surface area contributed by atoms with Crippen LogP contribution in [0.2, 0.25) is 5.02 Å². The van der Waals surface area contributed by atoms with Crippen LogP contribution < -0.4 is 5.32 Å². The van der Waals surface area contributed by atoms with E-state index in [0.717, 1.165) is 28.8 Å². The number of hydrogen-bond acceptors (Lipinski definition) is 4. The molecule has 2 N–H and O–H groups in total. The minimum absolute atomic E-state index is 0.0853. The van der Waals surface area contributed by atoms with E-state index in [1.807, 2.05) is 24.3 Å². The maximum atomic E-state index is 11.7. The molecule has 0 aliphatic rings. The van der Waals surface area contributed by atoms with Crippen LogP contribution in [0.15, 0.2) is 35.7 Å². The van der Waals surface area contributed by atoms with Crippen molar-refractivity contribution in [2.24, 2.45) is 0 Å². The lowest BCUT2D eigenvalue weighted by Crippen LogP contribution is -2.25. The quantitative estimate of drug-likeness (QED) is 0.578. The van der Waals surface area contributed by atoms with Crippen LogP contribution in [0.4, 0.5) is 0 Å². The van der Waals surface area contributed by atoms with Gasteiger partial charge >= 0.3 is 0 Å². The Balaban J connectivity index is 1.54. The van der Waals surface area contributed by atoms with Crippen LogP contribution in [0.3, 0.4) is 0 Å². The average molecular weight is 325 g/mol. The van der Waals surface area contributed by atoms with Crippen LogP contribution in [0, 0.1) is 0 Å². The molecule has 0 atom stereocenters. The number of rotatable bonds is 8. The fourth-order valence-electron chi connectivity index (χ4n) is 1.79. The molecule has 1 heterocycles. The van der Waals surface area contributed by atoms with Gasteiger partial charge in [0.15, 0.2) is 5.16 Å². The number of nitrogens with one attached hydrogen (secondary N) is 2. The fraction of sp³-hybridized carbons (Fsp3) is 0.357. The first-order valence-corrected chi connectivity index (χ1v) is 8.10. The number of amides is 1. The van der Waals surface area contributed by atoms with Gasteiger partial charge in [-0.1, -0.05) is 35.5 Å². The second kappa shape index (κ2) is 8.69. The van der Waals surface area contributed by atoms with Crippen molar-refractivity contribution in [2.75, 3.05) is 12.3 Å². The van der Waals surface area contributed by atoms with Crippen LogP contribution in [0.1, 0.15) is 18.4 Å². The van der Waals surface area contributed by atoms with Crippen molar-refractivity contribution in [2.45, 2.75) is 24.4 Å². The Morgan fingerprint density at radius 3 is 2.86 bits per heavy atom. The Bertz CT molecular complexity index is 545. The highest BCUT2D eigenvalue weighted by Crippen LogP contribution is 2.12. The highest BCUT2D eigenvalue weighted by Gasteiger charge is 2.02. The minimum atomic E-state index is 0.0853. The van der Waals surface area contributed by atoms with Crippen molar-refractivity contribution in [3.05, 3.63) is 41.2 Å². The summed E-state index contributed by atoms with van der Waals surface area (Å²) >= 11 is 7.36. The van der Waals surface area contributed by atoms with Gasteiger partial charge in [-0.3, -0.25) is 9.89 Å². The number of nitrogens with zero attached hydrogens (tertiary/aromatic N) is 2. The smallest absolute Gasteiger partial charge is 0.220 e. The molecular formula is C14H17ClN4OS. The van der Waals surface area contributed by atoms with Gasteiger partial charge in [0, 0.05) is 23.7 Å². The molecular weight excluding hydrogens is 308 g/mol. The number of carbonyl (C=O) groups is 1. The summed E-state index contributed by atoms with van der Waals surface area (Å²) in [6, 6.07) is 7.73. The number of aromatic nitrogens is 3. The maximum Gasteiger partial charge on any atom is 0.220 e. The summed E-state index contributed by atoms with van der Waals surface area (Å²) < 4.78 is 0. The monoisotopic (exact) mass is 324 g/mol. The molecule has 7 heteroatoms. The molecule has 0 aliphatic carbocycles. The van der Waals surface area contributed by atoms with E-state index in [0.29, 0.717) is 13.0 Å². The van der Waals surface area contributed by atoms with E-state index < -0.39 is 0 Å². The number of hydrogen-bond donors (Lipinski definition) is 2. The van der Waals surface area contributed by atoms with E-state index in [1.54, 1.807) is 0 Å². The Kier molecular flexibility index (Phi) is 6.56.